The van der Waals surface area contributed by atoms with Crippen LogP contribution in [0.4, 0.5) is 5.82 Å². The lowest BCUT2D eigenvalue weighted by molar-refractivity contribution is 0.846. The van der Waals surface area contributed by atoms with Gasteiger partial charge in [-0.1, -0.05) is 34.1 Å². The summed E-state index contributed by atoms with van der Waals surface area (Å²) in [5, 5.41) is 0. The average Bonchev–Trinajstić information content (AvgIpc) is 3.25. The lowest BCUT2D eigenvalue weighted by Gasteiger charge is -2.19. The molecule has 0 unspecified atom stereocenters. The maximum Gasteiger partial charge on any atom is 0.135 e. The Balaban J connectivity index is 1.83. The van der Waals surface area contributed by atoms with Crippen LogP contribution in [0, 0.1) is 0 Å². The lowest BCUT2D eigenvalue weighted by atomic mass is 10.2. The third-order valence-electron chi connectivity index (χ3n) is 3.40. The Morgan fingerprint density at radius 2 is 1.95 bits per heavy atom. The first-order valence-electron chi connectivity index (χ1n) is 6.62. The van der Waals surface area contributed by atoms with Crippen LogP contribution in [0.2, 0.25) is 0 Å². The molecule has 0 bridgehead atoms. The SMILES string of the molecule is CN(Cc1ccccc1Br)c1cc(Br)nc(C2CC2)n1. The molecule has 3 nitrogen and oxygen atoms in total. The molecule has 1 aliphatic carbocycles. The van der Waals surface area contributed by atoms with Crippen LogP contribution >= 0.6 is 31.9 Å². The van der Waals surface area contributed by atoms with Gasteiger partial charge >= 0.3 is 0 Å². The van der Waals surface area contributed by atoms with Gasteiger partial charge in [-0.25, -0.2) is 9.97 Å². The summed E-state index contributed by atoms with van der Waals surface area (Å²) in [7, 11) is 2.06. The van der Waals surface area contributed by atoms with Gasteiger partial charge in [0.1, 0.15) is 16.2 Å². The Bertz CT molecular complexity index is 626. The minimum absolute atomic E-state index is 0.558. The number of nitrogens with zero attached hydrogens (tertiary/aromatic N) is 3. The number of benzene rings is 1. The molecule has 0 atom stereocenters. The van der Waals surface area contributed by atoms with Crippen LogP contribution in [0.1, 0.15) is 30.1 Å². The largest absolute Gasteiger partial charge is 0.355 e. The number of aromatic nitrogens is 2. The highest BCUT2D eigenvalue weighted by molar-refractivity contribution is 9.10. The van der Waals surface area contributed by atoms with E-state index in [9.17, 15) is 0 Å². The van der Waals surface area contributed by atoms with Gasteiger partial charge in [-0.05, 0) is 40.4 Å². The van der Waals surface area contributed by atoms with Crippen molar-refractivity contribution in [2.75, 3.05) is 11.9 Å². The molecule has 0 radical (unpaired) electrons. The second-order valence-electron chi connectivity index (χ2n) is 5.13. The lowest BCUT2D eigenvalue weighted by Crippen LogP contribution is -2.19. The van der Waals surface area contributed by atoms with E-state index in [1.807, 2.05) is 12.1 Å². The van der Waals surface area contributed by atoms with Crippen molar-refractivity contribution < 1.29 is 0 Å². The first-order chi connectivity index (χ1) is 9.63. The fraction of sp³-hybridized carbons (Fsp3) is 0.333. The monoisotopic (exact) mass is 395 g/mol. The summed E-state index contributed by atoms with van der Waals surface area (Å²) in [6.45, 7) is 0.814. The zero-order valence-electron chi connectivity index (χ0n) is 11.2. The molecule has 0 N–H and O–H groups in total. The highest BCUT2D eigenvalue weighted by atomic mass is 79.9. The van der Waals surface area contributed by atoms with E-state index in [4.69, 9.17) is 4.98 Å². The van der Waals surface area contributed by atoms with Gasteiger partial charge < -0.3 is 4.90 Å². The normalized spacial score (nSPS) is 14.3. The van der Waals surface area contributed by atoms with E-state index < -0.39 is 0 Å². The van der Waals surface area contributed by atoms with E-state index in [-0.39, 0.29) is 0 Å². The van der Waals surface area contributed by atoms with Crippen LogP contribution in [-0.2, 0) is 6.54 Å². The van der Waals surface area contributed by atoms with E-state index in [1.165, 1.54) is 18.4 Å². The van der Waals surface area contributed by atoms with Gasteiger partial charge in [-0.15, -0.1) is 0 Å². The summed E-state index contributed by atoms with van der Waals surface area (Å²) in [4.78, 5) is 11.3. The molecule has 1 saturated carbocycles. The summed E-state index contributed by atoms with van der Waals surface area (Å²) in [5.74, 6) is 2.49. The zero-order chi connectivity index (χ0) is 14.1. The molecular formula is C15H15Br2N3. The van der Waals surface area contributed by atoms with Crippen LogP contribution in [-0.4, -0.2) is 17.0 Å². The van der Waals surface area contributed by atoms with E-state index in [0.29, 0.717) is 5.92 Å². The Morgan fingerprint density at radius 1 is 1.20 bits per heavy atom. The van der Waals surface area contributed by atoms with Gasteiger partial charge in [-0.2, -0.15) is 0 Å². The quantitative estimate of drug-likeness (QED) is 0.711. The Kier molecular flexibility index (Phi) is 4.08. The van der Waals surface area contributed by atoms with Crippen molar-refractivity contribution >= 4 is 37.7 Å². The number of anilines is 1. The number of halogens is 2. The van der Waals surface area contributed by atoms with Gasteiger partial charge in [0.15, 0.2) is 0 Å². The maximum absolute atomic E-state index is 4.69. The molecule has 3 rings (SSSR count). The minimum Gasteiger partial charge on any atom is -0.355 e. The second kappa shape index (κ2) is 5.82. The molecule has 1 aliphatic rings. The molecule has 0 saturated heterocycles. The van der Waals surface area contributed by atoms with Crippen molar-refractivity contribution in [2.45, 2.75) is 25.3 Å². The van der Waals surface area contributed by atoms with E-state index >= 15 is 0 Å². The molecule has 1 aromatic heterocycles. The minimum atomic E-state index is 0.558. The van der Waals surface area contributed by atoms with Gasteiger partial charge in [0, 0.05) is 30.0 Å². The smallest absolute Gasteiger partial charge is 0.135 e. The molecule has 1 fully saturated rings. The topological polar surface area (TPSA) is 29.0 Å². The van der Waals surface area contributed by atoms with Crippen LogP contribution in [0.3, 0.4) is 0 Å². The molecule has 0 aliphatic heterocycles. The second-order valence-corrected chi connectivity index (χ2v) is 6.80. The Labute approximate surface area is 135 Å². The molecule has 1 aromatic carbocycles. The van der Waals surface area contributed by atoms with E-state index in [2.05, 4.69) is 67.0 Å². The Hall–Kier alpha value is -0.940. The van der Waals surface area contributed by atoms with Crippen molar-refractivity contribution in [2.24, 2.45) is 0 Å². The molecule has 2 aromatic rings. The molecule has 0 amide bonds. The van der Waals surface area contributed by atoms with Gasteiger partial charge in [0.2, 0.25) is 0 Å². The summed E-state index contributed by atoms with van der Waals surface area (Å²) in [5.41, 5.74) is 1.25. The molecular weight excluding hydrogens is 382 g/mol. The van der Waals surface area contributed by atoms with Gasteiger partial charge in [-0.3, -0.25) is 0 Å². The van der Waals surface area contributed by atoms with Crippen LogP contribution < -0.4 is 4.90 Å². The summed E-state index contributed by atoms with van der Waals surface area (Å²) in [6.07, 6.45) is 2.42. The third-order valence-corrected chi connectivity index (χ3v) is 4.58. The first kappa shape index (κ1) is 14.0. The number of rotatable bonds is 4. The van der Waals surface area contributed by atoms with Crippen LogP contribution in [0.15, 0.2) is 39.4 Å². The zero-order valence-corrected chi connectivity index (χ0v) is 14.4. The fourth-order valence-electron chi connectivity index (χ4n) is 2.11. The molecule has 5 heteroatoms. The highest BCUT2D eigenvalue weighted by Crippen LogP contribution is 2.39. The highest BCUT2D eigenvalue weighted by Gasteiger charge is 2.27. The molecule has 1 heterocycles. The number of hydrogen-bond acceptors (Lipinski definition) is 3. The van der Waals surface area contributed by atoms with E-state index in [0.717, 1.165) is 27.3 Å². The summed E-state index contributed by atoms with van der Waals surface area (Å²) < 4.78 is 1.99. The number of hydrogen-bond donors (Lipinski definition) is 0. The summed E-state index contributed by atoms with van der Waals surface area (Å²) in [6, 6.07) is 10.2. The predicted molar refractivity (Wildman–Crippen MR) is 88.0 cm³/mol. The van der Waals surface area contributed by atoms with Crippen LogP contribution in [0.25, 0.3) is 0 Å². The molecule has 104 valence electrons. The molecule has 0 spiro atoms. The third kappa shape index (κ3) is 3.20. The van der Waals surface area contributed by atoms with Crippen LogP contribution in [0.5, 0.6) is 0 Å². The van der Waals surface area contributed by atoms with Gasteiger partial charge in [0.05, 0.1) is 0 Å². The first-order valence-corrected chi connectivity index (χ1v) is 8.21. The van der Waals surface area contributed by atoms with Crippen molar-refractivity contribution in [3.63, 3.8) is 0 Å². The molecule has 20 heavy (non-hydrogen) atoms. The van der Waals surface area contributed by atoms with Crippen molar-refractivity contribution in [3.05, 3.63) is 50.8 Å². The Morgan fingerprint density at radius 3 is 2.65 bits per heavy atom. The maximum atomic E-state index is 4.69. The summed E-state index contributed by atoms with van der Waals surface area (Å²) >= 11 is 7.08. The van der Waals surface area contributed by atoms with Gasteiger partial charge in [0.25, 0.3) is 0 Å². The van der Waals surface area contributed by atoms with Crippen molar-refractivity contribution in [3.8, 4) is 0 Å². The van der Waals surface area contributed by atoms with E-state index in [1.54, 1.807) is 0 Å². The standard InChI is InChI=1S/C15H15Br2N3/c1-20(9-11-4-2-3-5-12(11)16)14-8-13(17)18-15(19-14)10-6-7-10/h2-5,8,10H,6-7,9H2,1H3. The van der Waals surface area contributed by atoms with Crippen molar-refractivity contribution in [1.82, 2.24) is 9.97 Å². The van der Waals surface area contributed by atoms with Crippen molar-refractivity contribution in [1.29, 1.82) is 0 Å². The predicted octanol–water partition coefficient (Wildman–Crippen LogP) is 4.52. The average molecular weight is 397 g/mol. The fourth-order valence-corrected chi connectivity index (χ4v) is 2.90.